The van der Waals surface area contributed by atoms with Gasteiger partial charge >= 0.3 is 0 Å². The second-order valence-corrected chi connectivity index (χ2v) is 7.54. The number of ether oxygens (including phenoxy) is 1. The Morgan fingerprint density at radius 2 is 2.10 bits per heavy atom. The minimum Gasteiger partial charge on any atom is -0.487 e. The van der Waals surface area contributed by atoms with Gasteiger partial charge in [0.25, 0.3) is 0 Å². The van der Waals surface area contributed by atoms with Crippen molar-refractivity contribution in [3.05, 3.63) is 42.0 Å². The van der Waals surface area contributed by atoms with Crippen molar-refractivity contribution in [3.8, 4) is 16.9 Å². The number of carbonyl (C=O) groups excluding carboxylic acids is 2. The normalized spacial score (nSPS) is 18.7. The lowest BCUT2D eigenvalue weighted by atomic mass is 9.96. The fourth-order valence-corrected chi connectivity index (χ4v) is 3.98. The van der Waals surface area contributed by atoms with Gasteiger partial charge in [0.05, 0.1) is 12.7 Å². The maximum atomic E-state index is 14.8. The van der Waals surface area contributed by atoms with E-state index in [-0.39, 0.29) is 17.9 Å². The number of nitrogens with zero attached hydrogens (tertiary/aromatic N) is 3. The highest BCUT2D eigenvalue weighted by molar-refractivity contribution is 5.96. The molecule has 1 aromatic carbocycles. The first-order valence-corrected chi connectivity index (χ1v) is 9.95. The first kappa shape index (κ1) is 19.4. The Morgan fingerprint density at radius 1 is 1.28 bits per heavy atom. The average molecular weight is 397 g/mol. The molecular formula is C22H24FN3O3. The molecule has 2 amide bonds. The van der Waals surface area contributed by atoms with Crippen LogP contribution in [-0.2, 0) is 16.0 Å². The van der Waals surface area contributed by atoms with Crippen LogP contribution in [0.15, 0.2) is 30.6 Å². The predicted octanol–water partition coefficient (Wildman–Crippen LogP) is 3.19. The molecule has 1 atom stereocenters. The van der Waals surface area contributed by atoms with E-state index in [1.807, 2.05) is 11.8 Å². The second-order valence-electron chi connectivity index (χ2n) is 7.54. The molecule has 0 spiro atoms. The summed E-state index contributed by atoms with van der Waals surface area (Å²) < 4.78 is 20.8. The number of anilines is 1. The average Bonchev–Trinajstić information content (AvgIpc) is 3.19. The standard InChI is InChI=1S/C22H24FN3O3/c1-3-21(27)26-7-6-16(13-26)29-17-8-15(11-24-12-17)18-9-14-4-5-22(28)25(2)20(14)10-19(18)23/h8-12,16H,3-7,13H2,1-2H3/t16-/m1/s1. The Kier molecular flexibility index (Phi) is 5.22. The van der Waals surface area contributed by atoms with Crippen LogP contribution in [0.25, 0.3) is 11.1 Å². The third-order valence-corrected chi connectivity index (χ3v) is 5.64. The Hall–Kier alpha value is -2.96. The Labute approximate surface area is 169 Å². The molecule has 6 nitrogen and oxygen atoms in total. The second kappa shape index (κ2) is 7.81. The van der Waals surface area contributed by atoms with Crippen LogP contribution in [-0.4, -0.2) is 47.9 Å². The van der Waals surface area contributed by atoms with Gasteiger partial charge in [-0.25, -0.2) is 4.39 Å². The number of carbonyl (C=O) groups is 2. The zero-order valence-electron chi connectivity index (χ0n) is 16.7. The molecule has 1 fully saturated rings. The molecule has 2 aliphatic rings. The van der Waals surface area contributed by atoms with Crippen molar-refractivity contribution in [2.24, 2.45) is 0 Å². The Balaban J connectivity index is 1.55. The maximum absolute atomic E-state index is 14.8. The molecule has 0 aliphatic carbocycles. The fraction of sp³-hybridized carbons (Fsp3) is 0.409. The lowest BCUT2D eigenvalue weighted by Crippen LogP contribution is -2.31. The molecule has 0 saturated carbocycles. The number of hydrogen-bond acceptors (Lipinski definition) is 4. The molecule has 7 heteroatoms. The molecule has 2 aromatic rings. The molecule has 0 N–H and O–H groups in total. The van der Waals surface area contributed by atoms with Crippen LogP contribution in [0.3, 0.4) is 0 Å². The fourth-order valence-electron chi connectivity index (χ4n) is 3.98. The van der Waals surface area contributed by atoms with Gasteiger partial charge in [0, 0.05) is 55.9 Å². The van der Waals surface area contributed by atoms with Crippen molar-refractivity contribution in [3.63, 3.8) is 0 Å². The maximum Gasteiger partial charge on any atom is 0.227 e. The van der Waals surface area contributed by atoms with Crippen molar-refractivity contribution in [2.75, 3.05) is 25.0 Å². The summed E-state index contributed by atoms with van der Waals surface area (Å²) in [7, 11) is 1.67. The number of rotatable bonds is 4. The lowest BCUT2D eigenvalue weighted by Gasteiger charge is -2.26. The Bertz CT molecular complexity index is 962. The van der Waals surface area contributed by atoms with Crippen LogP contribution < -0.4 is 9.64 Å². The monoisotopic (exact) mass is 397 g/mol. The molecule has 2 aliphatic heterocycles. The van der Waals surface area contributed by atoms with Crippen molar-refractivity contribution < 1.29 is 18.7 Å². The Morgan fingerprint density at radius 3 is 2.90 bits per heavy atom. The van der Waals surface area contributed by atoms with E-state index < -0.39 is 5.82 Å². The van der Waals surface area contributed by atoms with Crippen molar-refractivity contribution >= 4 is 17.5 Å². The molecule has 4 rings (SSSR count). The smallest absolute Gasteiger partial charge is 0.227 e. The number of fused-ring (bicyclic) bond motifs is 1. The highest BCUT2D eigenvalue weighted by Gasteiger charge is 2.27. The minimum atomic E-state index is -0.398. The summed E-state index contributed by atoms with van der Waals surface area (Å²) in [5.74, 6) is 0.281. The topological polar surface area (TPSA) is 62.7 Å². The summed E-state index contributed by atoms with van der Waals surface area (Å²) in [6.07, 6.45) is 5.40. The first-order valence-electron chi connectivity index (χ1n) is 9.95. The number of hydrogen-bond donors (Lipinski definition) is 0. The summed E-state index contributed by atoms with van der Waals surface area (Å²) in [4.78, 5) is 31.2. The molecule has 1 saturated heterocycles. The number of aromatic nitrogens is 1. The molecule has 152 valence electrons. The van der Waals surface area contributed by atoms with Crippen LogP contribution in [0.5, 0.6) is 5.75 Å². The van der Waals surface area contributed by atoms with Gasteiger partial charge in [0.2, 0.25) is 11.8 Å². The van der Waals surface area contributed by atoms with Gasteiger partial charge in [-0.15, -0.1) is 0 Å². The SMILES string of the molecule is CCC(=O)N1CC[C@@H](Oc2cncc(-c3cc4c(cc3F)N(C)C(=O)CC4)c2)C1. The van der Waals surface area contributed by atoms with Crippen molar-refractivity contribution in [1.29, 1.82) is 0 Å². The molecule has 3 heterocycles. The lowest BCUT2D eigenvalue weighted by molar-refractivity contribution is -0.130. The van der Waals surface area contributed by atoms with Gasteiger partial charge in [0.15, 0.2) is 0 Å². The summed E-state index contributed by atoms with van der Waals surface area (Å²) in [5.41, 5.74) is 2.63. The molecule has 0 unspecified atom stereocenters. The number of benzene rings is 1. The zero-order valence-corrected chi connectivity index (χ0v) is 16.7. The zero-order chi connectivity index (χ0) is 20.5. The number of likely N-dealkylation sites (tertiary alicyclic amines) is 1. The van der Waals surface area contributed by atoms with Crippen molar-refractivity contribution in [2.45, 2.75) is 38.7 Å². The van der Waals surface area contributed by atoms with Crippen LogP contribution in [0.2, 0.25) is 0 Å². The molecule has 0 bridgehead atoms. The van der Waals surface area contributed by atoms with Gasteiger partial charge in [-0.05, 0) is 30.2 Å². The largest absolute Gasteiger partial charge is 0.487 e. The number of aryl methyl sites for hydroxylation is 1. The van der Waals surface area contributed by atoms with Crippen LogP contribution >= 0.6 is 0 Å². The third-order valence-electron chi connectivity index (χ3n) is 5.64. The van der Waals surface area contributed by atoms with E-state index in [1.165, 1.54) is 11.0 Å². The van der Waals surface area contributed by atoms with E-state index >= 15 is 0 Å². The molecule has 29 heavy (non-hydrogen) atoms. The van der Waals surface area contributed by atoms with E-state index in [1.54, 1.807) is 31.6 Å². The minimum absolute atomic E-state index is 0.00567. The molecule has 0 radical (unpaired) electrons. The van der Waals surface area contributed by atoms with Gasteiger partial charge in [0.1, 0.15) is 17.7 Å². The summed E-state index contributed by atoms with van der Waals surface area (Å²) in [5, 5.41) is 0. The van der Waals surface area contributed by atoms with Gasteiger partial charge in [-0.1, -0.05) is 6.92 Å². The highest BCUT2D eigenvalue weighted by atomic mass is 19.1. The van der Waals surface area contributed by atoms with E-state index in [0.29, 0.717) is 54.9 Å². The van der Waals surface area contributed by atoms with Crippen LogP contribution in [0.4, 0.5) is 10.1 Å². The van der Waals surface area contributed by atoms with Gasteiger partial charge in [-0.3, -0.25) is 14.6 Å². The van der Waals surface area contributed by atoms with E-state index in [4.69, 9.17) is 4.74 Å². The summed E-state index contributed by atoms with van der Waals surface area (Å²) in [6.45, 7) is 3.10. The van der Waals surface area contributed by atoms with Crippen molar-refractivity contribution in [1.82, 2.24) is 9.88 Å². The molecule has 1 aromatic heterocycles. The van der Waals surface area contributed by atoms with Crippen LogP contribution in [0, 0.1) is 5.82 Å². The first-order chi connectivity index (χ1) is 14.0. The number of pyridine rings is 1. The van der Waals surface area contributed by atoms with E-state index in [2.05, 4.69) is 4.98 Å². The number of amides is 2. The predicted molar refractivity (Wildman–Crippen MR) is 107 cm³/mol. The molecular weight excluding hydrogens is 373 g/mol. The highest BCUT2D eigenvalue weighted by Crippen LogP contribution is 2.34. The van der Waals surface area contributed by atoms with Crippen LogP contribution in [0.1, 0.15) is 31.7 Å². The third kappa shape index (κ3) is 3.81. The number of halogens is 1. The summed E-state index contributed by atoms with van der Waals surface area (Å²) >= 11 is 0. The van der Waals surface area contributed by atoms with Gasteiger partial charge in [-0.2, -0.15) is 0 Å². The van der Waals surface area contributed by atoms with Gasteiger partial charge < -0.3 is 14.5 Å². The summed E-state index contributed by atoms with van der Waals surface area (Å²) in [6, 6.07) is 4.99. The quantitative estimate of drug-likeness (QED) is 0.795. The van der Waals surface area contributed by atoms with E-state index in [0.717, 1.165) is 12.0 Å². The van der Waals surface area contributed by atoms with E-state index in [9.17, 15) is 14.0 Å².